The average molecular weight is 277 g/mol. The maximum Gasteiger partial charge on any atom is 0.336 e. The smallest absolute Gasteiger partial charge is 0.336 e. The minimum Gasteiger partial charge on any atom is -0.478 e. The first-order valence-electron chi connectivity index (χ1n) is 6.78. The number of carbonyl (C=O) groups is 2. The number of nitrogens with one attached hydrogen (secondary N) is 1. The molecule has 1 saturated heterocycles. The van der Waals surface area contributed by atoms with Crippen molar-refractivity contribution in [2.45, 2.75) is 26.2 Å². The number of hydrogen-bond donors (Lipinski definition) is 2. The van der Waals surface area contributed by atoms with Crippen molar-refractivity contribution >= 4 is 17.6 Å². The molecular weight excluding hydrogens is 258 g/mol. The van der Waals surface area contributed by atoms with Gasteiger partial charge in [-0.1, -0.05) is 6.07 Å². The van der Waals surface area contributed by atoms with Crippen LogP contribution in [0.4, 0.5) is 5.69 Å². The molecule has 5 heteroatoms. The lowest BCUT2D eigenvalue weighted by Gasteiger charge is -2.09. The van der Waals surface area contributed by atoms with Gasteiger partial charge in [-0.15, -0.1) is 0 Å². The highest BCUT2D eigenvalue weighted by Crippen LogP contribution is 2.19. The highest BCUT2D eigenvalue weighted by Gasteiger charge is 2.17. The quantitative estimate of drug-likeness (QED) is 0.866. The first-order valence-corrected chi connectivity index (χ1v) is 6.78. The van der Waals surface area contributed by atoms with Crippen LogP contribution in [0, 0.1) is 12.8 Å². The van der Waals surface area contributed by atoms with E-state index in [-0.39, 0.29) is 11.5 Å². The number of ether oxygens (including phenoxy) is 1. The van der Waals surface area contributed by atoms with Gasteiger partial charge in [0.15, 0.2) is 0 Å². The molecular formula is C15H19NO4. The molecule has 2 rings (SSSR count). The van der Waals surface area contributed by atoms with E-state index in [1.54, 1.807) is 19.1 Å². The third-order valence-corrected chi connectivity index (χ3v) is 3.56. The average Bonchev–Trinajstić information content (AvgIpc) is 2.91. The summed E-state index contributed by atoms with van der Waals surface area (Å²) in [4.78, 5) is 22.9. The fraction of sp³-hybridized carbons (Fsp3) is 0.467. The molecule has 1 aromatic rings. The number of carboxylic acid groups (broad SMARTS) is 1. The van der Waals surface area contributed by atoms with Gasteiger partial charge in [-0.3, -0.25) is 4.79 Å². The van der Waals surface area contributed by atoms with Crippen LogP contribution in [0.3, 0.4) is 0 Å². The van der Waals surface area contributed by atoms with Crippen molar-refractivity contribution in [2.24, 2.45) is 5.92 Å². The van der Waals surface area contributed by atoms with Crippen LogP contribution in [0.25, 0.3) is 0 Å². The number of carbonyl (C=O) groups excluding carboxylic acids is 1. The number of carboxylic acids is 1. The molecule has 1 amide bonds. The van der Waals surface area contributed by atoms with E-state index in [2.05, 4.69) is 5.32 Å². The Bertz CT molecular complexity index is 507. The van der Waals surface area contributed by atoms with Gasteiger partial charge in [0.1, 0.15) is 0 Å². The van der Waals surface area contributed by atoms with Crippen molar-refractivity contribution in [1.82, 2.24) is 0 Å². The van der Waals surface area contributed by atoms with Crippen LogP contribution in [0.2, 0.25) is 0 Å². The Kier molecular flexibility index (Phi) is 4.74. The SMILES string of the molecule is Cc1ccc(NC(=O)CCC2CCOC2)cc1C(=O)O. The summed E-state index contributed by atoms with van der Waals surface area (Å²) in [7, 11) is 0. The number of anilines is 1. The molecule has 1 unspecified atom stereocenters. The van der Waals surface area contributed by atoms with E-state index in [1.807, 2.05) is 0 Å². The minimum absolute atomic E-state index is 0.0860. The van der Waals surface area contributed by atoms with E-state index >= 15 is 0 Å². The second kappa shape index (κ2) is 6.52. The zero-order valence-corrected chi connectivity index (χ0v) is 11.5. The molecule has 1 aliphatic rings. The van der Waals surface area contributed by atoms with Crippen molar-refractivity contribution < 1.29 is 19.4 Å². The van der Waals surface area contributed by atoms with Gasteiger partial charge in [-0.2, -0.15) is 0 Å². The fourth-order valence-corrected chi connectivity index (χ4v) is 2.30. The largest absolute Gasteiger partial charge is 0.478 e. The Labute approximate surface area is 117 Å². The normalized spacial score (nSPS) is 17.9. The van der Waals surface area contributed by atoms with Crippen molar-refractivity contribution in [3.63, 3.8) is 0 Å². The molecule has 0 aliphatic carbocycles. The zero-order valence-electron chi connectivity index (χ0n) is 11.5. The topological polar surface area (TPSA) is 75.6 Å². The molecule has 2 N–H and O–H groups in total. The Balaban J connectivity index is 1.90. The monoisotopic (exact) mass is 277 g/mol. The lowest BCUT2D eigenvalue weighted by Crippen LogP contribution is -2.14. The molecule has 1 aliphatic heterocycles. The number of benzene rings is 1. The van der Waals surface area contributed by atoms with Crippen LogP contribution in [0.1, 0.15) is 35.2 Å². The van der Waals surface area contributed by atoms with Gasteiger partial charge in [0.25, 0.3) is 0 Å². The maximum absolute atomic E-state index is 11.8. The summed E-state index contributed by atoms with van der Waals surface area (Å²) in [5, 5.41) is 11.8. The van der Waals surface area contributed by atoms with Crippen molar-refractivity contribution in [2.75, 3.05) is 18.5 Å². The summed E-state index contributed by atoms with van der Waals surface area (Å²) < 4.78 is 5.27. The van der Waals surface area contributed by atoms with Gasteiger partial charge >= 0.3 is 5.97 Å². The van der Waals surface area contributed by atoms with E-state index in [4.69, 9.17) is 9.84 Å². The first-order chi connectivity index (χ1) is 9.56. The van der Waals surface area contributed by atoms with Gasteiger partial charge in [0, 0.05) is 25.3 Å². The molecule has 5 nitrogen and oxygen atoms in total. The number of aromatic carboxylic acids is 1. The molecule has 0 aromatic heterocycles. The third kappa shape index (κ3) is 3.81. The Hall–Kier alpha value is -1.88. The summed E-state index contributed by atoms with van der Waals surface area (Å²) >= 11 is 0. The van der Waals surface area contributed by atoms with Crippen LogP contribution in [-0.4, -0.2) is 30.2 Å². The number of rotatable bonds is 5. The van der Waals surface area contributed by atoms with Crippen LogP contribution in [-0.2, 0) is 9.53 Å². The molecule has 1 atom stereocenters. The number of hydrogen-bond acceptors (Lipinski definition) is 3. The van der Waals surface area contributed by atoms with Crippen molar-refractivity contribution in [3.8, 4) is 0 Å². The second-order valence-electron chi connectivity index (χ2n) is 5.15. The predicted molar refractivity (Wildman–Crippen MR) is 74.9 cm³/mol. The summed E-state index contributed by atoms with van der Waals surface area (Å²) in [5.41, 5.74) is 1.42. The molecule has 0 spiro atoms. The molecule has 20 heavy (non-hydrogen) atoms. The third-order valence-electron chi connectivity index (χ3n) is 3.56. The highest BCUT2D eigenvalue weighted by atomic mass is 16.5. The van der Waals surface area contributed by atoms with E-state index in [9.17, 15) is 9.59 Å². The fourth-order valence-electron chi connectivity index (χ4n) is 2.30. The molecule has 0 radical (unpaired) electrons. The summed E-state index contributed by atoms with van der Waals surface area (Å²) in [6.45, 7) is 3.25. The minimum atomic E-state index is -0.985. The van der Waals surface area contributed by atoms with Gasteiger partial charge < -0.3 is 15.2 Å². The Morgan fingerprint density at radius 2 is 2.25 bits per heavy atom. The van der Waals surface area contributed by atoms with Gasteiger partial charge in [0.2, 0.25) is 5.91 Å². The Morgan fingerprint density at radius 3 is 2.90 bits per heavy atom. The lowest BCUT2D eigenvalue weighted by atomic mass is 10.0. The molecule has 1 aromatic carbocycles. The molecule has 0 bridgehead atoms. The summed E-state index contributed by atoms with van der Waals surface area (Å²) in [6, 6.07) is 4.91. The molecule has 1 heterocycles. The van der Waals surface area contributed by atoms with Crippen LogP contribution in [0.15, 0.2) is 18.2 Å². The van der Waals surface area contributed by atoms with Crippen LogP contribution < -0.4 is 5.32 Å². The zero-order chi connectivity index (χ0) is 14.5. The predicted octanol–water partition coefficient (Wildman–Crippen LogP) is 2.45. The van der Waals surface area contributed by atoms with Gasteiger partial charge in [-0.05, 0) is 43.4 Å². The van der Waals surface area contributed by atoms with Crippen LogP contribution >= 0.6 is 0 Å². The van der Waals surface area contributed by atoms with Crippen molar-refractivity contribution in [1.29, 1.82) is 0 Å². The number of aryl methyl sites for hydroxylation is 1. The maximum atomic E-state index is 11.8. The standard InChI is InChI=1S/C15H19NO4/c1-10-2-4-12(8-13(10)15(18)19)16-14(17)5-3-11-6-7-20-9-11/h2,4,8,11H,3,5-7,9H2,1H3,(H,16,17)(H,18,19). The summed E-state index contributed by atoms with van der Waals surface area (Å²) in [6.07, 6.45) is 2.26. The van der Waals surface area contributed by atoms with E-state index < -0.39 is 5.97 Å². The molecule has 108 valence electrons. The Morgan fingerprint density at radius 1 is 1.45 bits per heavy atom. The van der Waals surface area contributed by atoms with Gasteiger partial charge in [0.05, 0.1) is 5.56 Å². The van der Waals surface area contributed by atoms with E-state index in [1.165, 1.54) is 6.07 Å². The van der Waals surface area contributed by atoms with E-state index in [0.717, 1.165) is 26.1 Å². The highest BCUT2D eigenvalue weighted by molar-refractivity contribution is 5.94. The van der Waals surface area contributed by atoms with Crippen molar-refractivity contribution in [3.05, 3.63) is 29.3 Å². The second-order valence-corrected chi connectivity index (χ2v) is 5.15. The molecule has 0 saturated carbocycles. The van der Waals surface area contributed by atoms with E-state index in [0.29, 0.717) is 23.6 Å². The number of amides is 1. The van der Waals surface area contributed by atoms with Gasteiger partial charge in [-0.25, -0.2) is 4.79 Å². The first kappa shape index (κ1) is 14.5. The lowest BCUT2D eigenvalue weighted by molar-refractivity contribution is -0.116. The summed E-state index contributed by atoms with van der Waals surface area (Å²) in [5.74, 6) is -0.604. The van der Waals surface area contributed by atoms with Crippen LogP contribution in [0.5, 0.6) is 0 Å². The molecule has 1 fully saturated rings.